The molecule has 8 nitrogen and oxygen atoms in total. The summed E-state index contributed by atoms with van der Waals surface area (Å²) in [5.41, 5.74) is 2.00. The zero-order chi connectivity index (χ0) is 38.4. The van der Waals surface area contributed by atoms with Crippen LogP contribution in [0.2, 0.25) is 0 Å². The third-order valence-electron chi connectivity index (χ3n) is 8.32. The zero-order valence-electron chi connectivity index (χ0n) is 31.4. The van der Waals surface area contributed by atoms with Crippen molar-refractivity contribution in [3.8, 4) is 17.2 Å². The Morgan fingerprint density at radius 3 is 1.28 bits per heavy atom. The van der Waals surface area contributed by atoms with Crippen molar-refractivity contribution in [1.82, 2.24) is 9.97 Å². The van der Waals surface area contributed by atoms with Crippen molar-refractivity contribution in [2.24, 2.45) is 0 Å². The van der Waals surface area contributed by atoms with E-state index >= 15 is 0 Å². The van der Waals surface area contributed by atoms with Gasteiger partial charge in [0.25, 0.3) is 0 Å². The van der Waals surface area contributed by atoms with Gasteiger partial charge < -0.3 is 14.2 Å². The summed E-state index contributed by atoms with van der Waals surface area (Å²) in [4.78, 5) is 10.7. The molecule has 0 aliphatic carbocycles. The van der Waals surface area contributed by atoms with Gasteiger partial charge in [-0.1, -0.05) is 45.0 Å². The van der Waals surface area contributed by atoms with Crippen LogP contribution in [0.15, 0.2) is 165 Å². The lowest BCUT2D eigenvalue weighted by Crippen LogP contribution is -2.22. The normalized spacial score (nSPS) is 12.6. The second kappa shape index (κ2) is 16.1. The highest BCUT2D eigenvalue weighted by molar-refractivity contribution is 8.33. The Hall–Kier alpha value is -5.16. The van der Waals surface area contributed by atoms with Crippen LogP contribution in [-0.4, -0.2) is 24.0 Å². The fourth-order valence-corrected chi connectivity index (χ4v) is 10.8. The minimum absolute atomic E-state index is 0.0608. The molecule has 0 spiro atoms. The highest BCUT2D eigenvalue weighted by atomic mass is 32.3. The molecule has 10 heteroatoms. The Bertz CT molecular complexity index is 2130. The maximum absolute atomic E-state index is 14.5. The van der Waals surface area contributed by atoms with Crippen LogP contribution in [0.5, 0.6) is 17.2 Å². The van der Waals surface area contributed by atoms with Gasteiger partial charge in [0.2, 0.25) is 0 Å². The molecule has 0 saturated heterocycles. The molecule has 0 unspecified atom stereocenters. The van der Waals surface area contributed by atoms with E-state index in [9.17, 15) is 8.42 Å². The molecule has 280 valence electrons. The molecule has 0 radical (unpaired) electrons. The highest BCUT2D eigenvalue weighted by Gasteiger charge is 2.39. The monoisotopic (exact) mass is 762 g/mol. The largest absolute Gasteiger partial charge is 0.488 e. The molecular formula is C44H46N2O6S2. The smallest absolute Gasteiger partial charge is 0.307 e. The second-order valence-corrected chi connectivity index (χ2v) is 19.2. The molecule has 0 amide bonds. The molecule has 0 aliphatic rings. The number of rotatable bonds is 13. The summed E-state index contributed by atoms with van der Waals surface area (Å²) in [7, 11) is -7.33. The Morgan fingerprint density at radius 1 is 0.500 bits per heavy atom. The van der Waals surface area contributed by atoms with Crippen molar-refractivity contribution in [1.29, 1.82) is 0 Å². The van der Waals surface area contributed by atoms with E-state index in [4.69, 9.17) is 17.8 Å². The predicted molar refractivity (Wildman–Crippen MR) is 213 cm³/mol. The van der Waals surface area contributed by atoms with Crippen LogP contribution in [0.4, 0.5) is 0 Å². The summed E-state index contributed by atoms with van der Waals surface area (Å²) in [5.74, 6) is 1.85. The first-order valence-electron chi connectivity index (χ1n) is 17.7. The number of hydrogen-bond donors (Lipinski definition) is 0. The van der Waals surface area contributed by atoms with Crippen molar-refractivity contribution in [2.45, 2.75) is 85.4 Å². The van der Waals surface area contributed by atoms with E-state index in [1.165, 1.54) is 0 Å². The Balaban J connectivity index is 1.46. The number of aromatic nitrogens is 2. The van der Waals surface area contributed by atoms with Gasteiger partial charge in [-0.3, -0.25) is 9.97 Å². The molecule has 4 aromatic carbocycles. The van der Waals surface area contributed by atoms with Gasteiger partial charge in [-0.05, 0) is 151 Å². The Kier molecular flexibility index (Phi) is 11.5. The molecule has 0 saturated carbocycles. The van der Waals surface area contributed by atoms with Gasteiger partial charge in [0.05, 0.1) is 16.3 Å². The molecule has 54 heavy (non-hydrogen) atoms. The molecule has 2 heterocycles. The number of nitrogens with zero attached hydrogens (tertiary/aromatic N) is 2. The van der Waals surface area contributed by atoms with E-state index in [-0.39, 0.29) is 23.5 Å². The van der Waals surface area contributed by atoms with Gasteiger partial charge in [0, 0.05) is 27.1 Å². The summed E-state index contributed by atoms with van der Waals surface area (Å²) < 4.78 is 54.1. The molecule has 0 atom stereocenters. The van der Waals surface area contributed by atoms with E-state index < -0.39 is 26.0 Å². The average molecular weight is 763 g/mol. The molecule has 0 aliphatic heterocycles. The van der Waals surface area contributed by atoms with Crippen molar-refractivity contribution >= 4 is 20.4 Å². The lowest BCUT2D eigenvalue weighted by Gasteiger charge is -2.39. The molecule has 2 aromatic heterocycles. The Labute approximate surface area is 320 Å². The van der Waals surface area contributed by atoms with Crippen LogP contribution in [0.1, 0.15) is 58.5 Å². The molecule has 0 bridgehead atoms. The minimum Gasteiger partial charge on any atom is -0.488 e. The van der Waals surface area contributed by atoms with Gasteiger partial charge in [-0.15, -0.1) is 0 Å². The third kappa shape index (κ3) is 9.49. The molecular weight excluding hydrogens is 717 g/mol. The molecule has 6 aromatic rings. The van der Waals surface area contributed by atoms with Gasteiger partial charge in [-0.2, -0.15) is 8.42 Å². The fourth-order valence-electron chi connectivity index (χ4n) is 5.61. The van der Waals surface area contributed by atoms with E-state index in [0.717, 1.165) is 17.0 Å². The van der Waals surface area contributed by atoms with Gasteiger partial charge >= 0.3 is 10.1 Å². The van der Waals surface area contributed by atoms with Gasteiger partial charge in [-0.25, -0.2) is 3.63 Å². The van der Waals surface area contributed by atoms with Gasteiger partial charge in [0.15, 0.2) is 0 Å². The first-order chi connectivity index (χ1) is 25.7. The molecule has 6 rings (SSSR count). The fraction of sp³-hybridized carbons (Fsp3) is 0.227. The molecule has 0 fully saturated rings. The number of benzene rings is 4. The van der Waals surface area contributed by atoms with E-state index in [2.05, 4.69) is 30.7 Å². The van der Waals surface area contributed by atoms with Crippen LogP contribution in [0.3, 0.4) is 0 Å². The van der Waals surface area contributed by atoms with Crippen LogP contribution in [0, 0.1) is 0 Å². The van der Waals surface area contributed by atoms with Crippen LogP contribution in [-0.2, 0) is 32.4 Å². The quantitative estimate of drug-likeness (QED) is 0.115. The predicted octanol–water partition coefficient (Wildman–Crippen LogP) is 10.7. The highest BCUT2D eigenvalue weighted by Crippen LogP contribution is 2.70. The first kappa shape index (κ1) is 38.6. The number of hydrogen-bond acceptors (Lipinski definition) is 8. The van der Waals surface area contributed by atoms with Crippen molar-refractivity contribution < 1.29 is 26.3 Å². The van der Waals surface area contributed by atoms with Crippen molar-refractivity contribution in [2.75, 3.05) is 0 Å². The third-order valence-corrected chi connectivity index (χ3v) is 13.5. The topological polar surface area (TPSA) is 96.8 Å². The summed E-state index contributed by atoms with van der Waals surface area (Å²) in [6.07, 6.45) is 3.45. The number of ether oxygens (including phenoxy) is 3. The summed E-state index contributed by atoms with van der Waals surface area (Å²) >= 11 is 0. The zero-order valence-corrected chi connectivity index (χ0v) is 33.1. The maximum Gasteiger partial charge on any atom is 0.307 e. The summed E-state index contributed by atoms with van der Waals surface area (Å²) in [5, 5.41) is 0. The number of pyridine rings is 2. The molecule has 0 N–H and O–H groups in total. The summed E-state index contributed by atoms with van der Waals surface area (Å²) in [6, 6.07) is 40.5. The lowest BCUT2D eigenvalue weighted by molar-refractivity contribution is 0.131. The summed E-state index contributed by atoms with van der Waals surface area (Å²) in [6.45, 7) is 12.8. The van der Waals surface area contributed by atoms with E-state index in [0.29, 0.717) is 31.9 Å². The standard InChI is InChI=1S/C44H46N2O6S2/c1-43(2,3)33-13-21-42(22-14-33)54(47,48)52-53(41-27-19-38(20-28-41)51-44(4,5)6,39-23-15-36(16-24-39)49-31-34-11-7-9-29-45-34)40-25-17-37(18-26-40)50-32-35-12-8-10-30-46-35/h7-30H,31-32H2,1-6H3. The van der Waals surface area contributed by atoms with Crippen LogP contribution < -0.4 is 14.2 Å². The second-order valence-electron chi connectivity index (χ2n) is 14.7. The minimum atomic E-state index is -4.35. The van der Waals surface area contributed by atoms with Crippen LogP contribution in [0.25, 0.3) is 0 Å². The average Bonchev–Trinajstić information content (AvgIpc) is 3.16. The Morgan fingerprint density at radius 2 is 0.907 bits per heavy atom. The van der Waals surface area contributed by atoms with Crippen molar-refractivity contribution in [3.05, 3.63) is 163 Å². The van der Waals surface area contributed by atoms with E-state index in [1.54, 1.807) is 24.5 Å². The first-order valence-corrected chi connectivity index (χ1v) is 20.6. The lowest BCUT2D eigenvalue weighted by atomic mass is 9.87. The van der Waals surface area contributed by atoms with Gasteiger partial charge in [0.1, 0.15) is 36.1 Å². The van der Waals surface area contributed by atoms with Crippen molar-refractivity contribution in [3.63, 3.8) is 0 Å². The van der Waals surface area contributed by atoms with Crippen LogP contribution >= 0.6 is 10.3 Å². The SMILES string of the molecule is CC(C)(C)Oc1ccc(S(OS(=O)(=O)c2ccc(C(C)(C)C)cc2)(c2ccc(OCc3ccccn3)cc2)c2ccc(OCc3ccccn3)cc2)cc1. The maximum atomic E-state index is 14.5. The van der Waals surface area contributed by atoms with E-state index in [1.807, 2.05) is 142 Å².